The van der Waals surface area contributed by atoms with E-state index >= 15 is 0 Å². The Labute approximate surface area is 174 Å². The van der Waals surface area contributed by atoms with Gasteiger partial charge < -0.3 is 24.6 Å². The van der Waals surface area contributed by atoms with Crippen LogP contribution in [0.2, 0.25) is 0 Å². The van der Waals surface area contributed by atoms with Gasteiger partial charge in [0.25, 0.3) is 0 Å². The Morgan fingerprint density at radius 3 is 2.48 bits per heavy atom. The van der Waals surface area contributed by atoms with Gasteiger partial charge in [0.05, 0.1) is 44.2 Å². The van der Waals surface area contributed by atoms with Crippen molar-refractivity contribution in [2.75, 3.05) is 39.4 Å². The van der Waals surface area contributed by atoms with Crippen molar-refractivity contribution < 1.29 is 19.3 Å². The van der Waals surface area contributed by atoms with Gasteiger partial charge in [-0.05, 0) is 37.7 Å². The van der Waals surface area contributed by atoms with Crippen LogP contribution in [0.25, 0.3) is 0 Å². The van der Waals surface area contributed by atoms with E-state index in [1.165, 1.54) is 5.56 Å². The number of aliphatic hydroxyl groups excluding tert-OH is 1. The SMILES string of the molecule is OC1CC(OC2CCN(C3CNCC(OCCOCc4ccccc4)C3)CC2)C1. The van der Waals surface area contributed by atoms with Crippen molar-refractivity contribution in [3.8, 4) is 0 Å². The van der Waals surface area contributed by atoms with Crippen LogP contribution in [0.3, 0.4) is 0 Å². The Bertz CT molecular complexity index is 588. The van der Waals surface area contributed by atoms with E-state index in [4.69, 9.17) is 14.2 Å². The average molecular weight is 405 g/mol. The molecule has 6 nitrogen and oxygen atoms in total. The highest BCUT2D eigenvalue weighted by molar-refractivity contribution is 5.13. The van der Waals surface area contributed by atoms with Crippen molar-refractivity contribution >= 4 is 0 Å². The molecule has 1 aromatic rings. The van der Waals surface area contributed by atoms with E-state index in [2.05, 4.69) is 22.3 Å². The first-order chi connectivity index (χ1) is 14.3. The molecule has 2 saturated heterocycles. The van der Waals surface area contributed by atoms with Crippen molar-refractivity contribution in [1.29, 1.82) is 0 Å². The highest BCUT2D eigenvalue weighted by atomic mass is 16.5. The van der Waals surface area contributed by atoms with Crippen LogP contribution in [-0.4, -0.2) is 79.9 Å². The Morgan fingerprint density at radius 2 is 1.72 bits per heavy atom. The predicted octanol–water partition coefficient (Wildman–Crippen LogP) is 1.95. The first kappa shape index (κ1) is 21.2. The van der Waals surface area contributed by atoms with Gasteiger partial charge in [-0.1, -0.05) is 30.3 Å². The molecule has 0 amide bonds. The molecule has 2 heterocycles. The number of nitrogens with zero attached hydrogens (tertiary/aromatic N) is 1. The molecule has 1 aromatic carbocycles. The summed E-state index contributed by atoms with van der Waals surface area (Å²) in [5.74, 6) is 0. The fraction of sp³-hybridized carbons (Fsp3) is 0.739. The maximum Gasteiger partial charge on any atom is 0.0718 e. The highest BCUT2D eigenvalue weighted by Gasteiger charge is 2.34. The first-order valence-corrected chi connectivity index (χ1v) is 11.3. The third kappa shape index (κ3) is 6.48. The van der Waals surface area contributed by atoms with Crippen molar-refractivity contribution in [1.82, 2.24) is 10.2 Å². The third-order valence-electron chi connectivity index (χ3n) is 6.43. The van der Waals surface area contributed by atoms with Gasteiger partial charge in [0.1, 0.15) is 0 Å². The van der Waals surface area contributed by atoms with Crippen molar-refractivity contribution in [3.05, 3.63) is 35.9 Å². The monoisotopic (exact) mass is 404 g/mol. The number of ether oxygens (including phenoxy) is 3. The summed E-state index contributed by atoms with van der Waals surface area (Å²) in [7, 11) is 0. The second kappa shape index (κ2) is 10.8. The first-order valence-electron chi connectivity index (χ1n) is 11.3. The fourth-order valence-corrected chi connectivity index (χ4v) is 4.62. The number of hydrogen-bond acceptors (Lipinski definition) is 6. The lowest BCUT2D eigenvalue weighted by Crippen LogP contribution is -2.54. The summed E-state index contributed by atoms with van der Waals surface area (Å²) in [5, 5.41) is 13.0. The molecule has 0 radical (unpaired) electrons. The molecule has 1 aliphatic carbocycles. The number of piperidine rings is 2. The van der Waals surface area contributed by atoms with Crippen LogP contribution in [0.1, 0.15) is 37.7 Å². The molecular formula is C23H36N2O4. The normalized spacial score (nSPS) is 31.5. The van der Waals surface area contributed by atoms with Crippen LogP contribution in [0.15, 0.2) is 30.3 Å². The van der Waals surface area contributed by atoms with Crippen molar-refractivity contribution in [3.63, 3.8) is 0 Å². The standard InChI is InChI=1S/C23H36N2O4/c26-20-13-22(14-20)29-21-6-8-25(9-7-21)19-12-23(16-24-15-19)28-11-10-27-17-18-4-2-1-3-5-18/h1-5,19-24,26H,6-17H2. The predicted molar refractivity (Wildman–Crippen MR) is 112 cm³/mol. The maximum atomic E-state index is 9.41. The number of likely N-dealkylation sites (tertiary alicyclic amines) is 1. The van der Waals surface area contributed by atoms with Crippen molar-refractivity contribution in [2.24, 2.45) is 0 Å². The molecule has 0 spiro atoms. The number of benzene rings is 1. The average Bonchev–Trinajstić information content (AvgIpc) is 2.74. The molecule has 29 heavy (non-hydrogen) atoms. The van der Waals surface area contributed by atoms with Crippen LogP contribution in [0.4, 0.5) is 0 Å². The molecule has 1 saturated carbocycles. The summed E-state index contributed by atoms with van der Waals surface area (Å²) in [5.41, 5.74) is 1.20. The van der Waals surface area contributed by atoms with E-state index in [1.807, 2.05) is 18.2 Å². The Balaban J connectivity index is 1.09. The van der Waals surface area contributed by atoms with Gasteiger partial charge in [0.15, 0.2) is 0 Å². The number of nitrogens with one attached hydrogen (secondary N) is 1. The van der Waals surface area contributed by atoms with Crippen LogP contribution < -0.4 is 5.32 Å². The van der Waals surface area contributed by atoms with Crippen LogP contribution in [-0.2, 0) is 20.8 Å². The lowest BCUT2D eigenvalue weighted by molar-refractivity contribution is -0.120. The molecule has 2 aliphatic heterocycles. The lowest BCUT2D eigenvalue weighted by Gasteiger charge is -2.43. The molecule has 0 aromatic heterocycles. The summed E-state index contributed by atoms with van der Waals surface area (Å²) in [4.78, 5) is 2.60. The summed E-state index contributed by atoms with van der Waals surface area (Å²) in [6, 6.07) is 10.8. The summed E-state index contributed by atoms with van der Waals surface area (Å²) >= 11 is 0. The van der Waals surface area contributed by atoms with Crippen LogP contribution >= 0.6 is 0 Å². The van der Waals surface area contributed by atoms with Gasteiger partial charge in [0, 0.05) is 32.2 Å². The number of hydrogen-bond donors (Lipinski definition) is 2. The van der Waals surface area contributed by atoms with Gasteiger partial charge in [-0.25, -0.2) is 0 Å². The quantitative estimate of drug-likeness (QED) is 0.614. The smallest absolute Gasteiger partial charge is 0.0718 e. The van der Waals surface area contributed by atoms with Crippen LogP contribution in [0, 0.1) is 0 Å². The minimum Gasteiger partial charge on any atom is -0.393 e. The van der Waals surface area contributed by atoms with Crippen molar-refractivity contribution in [2.45, 2.75) is 69.2 Å². The van der Waals surface area contributed by atoms with E-state index in [-0.39, 0.29) is 12.2 Å². The van der Waals surface area contributed by atoms with E-state index in [1.54, 1.807) is 0 Å². The zero-order chi connectivity index (χ0) is 19.9. The molecule has 4 rings (SSSR count). The second-order valence-electron chi connectivity index (χ2n) is 8.70. The second-order valence-corrected chi connectivity index (χ2v) is 8.70. The molecule has 3 aliphatic rings. The van der Waals surface area contributed by atoms with Gasteiger partial charge in [-0.3, -0.25) is 4.90 Å². The minimum atomic E-state index is -0.130. The molecule has 2 N–H and O–H groups in total. The van der Waals surface area contributed by atoms with E-state index < -0.39 is 0 Å². The zero-order valence-electron chi connectivity index (χ0n) is 17.4. The molecule has 162 valence electrons. The van der Waals surface area contributed by atoms with E-state index in [0.29, 0.717) is 38.1 Å². The zero-order valence-corrected chi connectivity index (χ0v) is 17.4. The highest BCUT2D eigenvalue weighted by Crippen LogP contribution is 2.28. The van der Waals surface area contributed by atoms with Gasteiger partial charge in [0.2, 0.25) is 0 Å². The molecule has 6 heteroatoms. The Hall–Kier alpha value is -1.02. The maximum absolute atomic E-state index is 9.41. The van der Waals surface area contributed by atoms with Gasteiger partial charge in [-0.2, -0.15) is 0 Å². The fourth-order valence-electron chi connectivity index (χ4n) is 4.62. The molecule has 0 bridgehead atoms. The summed E-state index contributed by atoms with van der Waals surface area (Å²) in [6.07, 6.45) is 5.72. The summed E-state index contributed by atoms with van der Waals surface area (Å²) in [6.45, 7) is 6.10. The topological polar surface area (TPSA) is 63.2 Å². The van der Waals surface area contributed by atoms with E-state index in [9.17, 15) is 5.11 Å². The molecule has 2 unspecified atom stereocenters. The third-order valence-corrected chi connectivity index (χ3v) is 6.43. The molecule has 3 fully saturated rings. The molecular weight excluding hydrogens is 368 g/mol. The molecule has 2 atom stereocenters. The minimum absolute atomic E-state index is 0.130. The largest absolute Gasteiger partial charge is 0.393 e. The Kier molecular flexibility index (Phi) is 7.94. The van der Waals surface area contributed by atoms with Gasteiger partial charge in [-0.15, -0.1) is 0 Å². The lowest BCUT2D eigenvalue weighted by atomic mass is 9.91. The van der Waals surface area contributed by atoms with E-state index in [0.717, 1.165) is 58.3 Å². The van der Waals surface area contributed by atoms with Crippen LogP contribution in [0.5, 0.6) is 0 Å². The number of rotatable bonds is 9. The number of aliphatic hydroxyl groups is 1. The Morgan fingerprint density at radius 1 is 0.931 bits per heavy atom. The summed E-state index contributed by atoms with van der Waals surface area (Å²) < 4.78 is 17.9. The van der Waals surface area contributed by atoms with Gasteiger partial charge >= 0.3 is 0 Å².